The first kappa shape index (κ1) is 21.6. The summed E-state index contributed by atoms with van der Waals surface area (Å²) in [6.07, 6.45) is 9.67. The summed E-state index contributed by atoms with van der Waals surface area (Å²) in [4.78, 5) is 35.3. The van der Waals surface area contributed by atoms with Crippen molar-refractivity contribution in [3.63, 3.8) is 0 Å². The zero-order valence-corrected chi connectivity index (χ0v) is 19.1. The van der Waals surface area contributed by atoms with Crippen LogP contribution in [0.2, 0.25) is 0 Å². The van der Waals surface area contributed by atoms with Crippen LogP contribution in [-0.2, 0) is 9.59 Å². The number of fused-ring (bicyclic) bond motifs is 1. The van der Waals surface area contributed by atoms with Crippen molar-refractivity contribution >= 4 is 39.2 Å². The van der Waals surface area contributed by atoms with Crippen LogP contribution in [0.5, 0.6) is 5.75 Å². The number of aliphatic imine (C=N–C) groups is 1. The number of nitrogens with one attached hydrogen (secondary N) is 1. The Balaban J connectivity index is 1.09. The van der Waals surface area contributed by atoms with Gasteiger partial charge in [-0.15, -0.1) is 11.3 Å². The predicted molar refractivity (Wildman–Crippen MR) is 128 cm³/mol. The van der Waals surface area contributed by atoms with Gasteiger partial charge in [-0.05, 0) is 43.9 Å². The lowest BCUT2D eigenvalue weighted by molar-refractivity contribution is -0.132. The van der Waals surface area contributed by atoms with Gasteiger partial charge in [0, 0.05) is 25.4 Å². The summed E-state index contributed by atoms with van der Waals surface area (Å²) in [5.74, 6) is 1.20. The Bertz CT molecular complexity index is 1140. The minimum atomic E-state index is -0.530. The van der Waals surface area contributed by atoms with E-state index in [1.165, 1.54) is 0 Å². The second-order valence-corrected chi connectivity index (χ2v) is 9.62. The van der Waals surface area contributed by atoms with E-state index in [4.69, 9.17) is 10.5 Å². The average Bonchev–Trinajstić information content (AvgIpc) is 3.25. The Morgan fingerprint density at radius 1 is 1.24 bits per heavy atom. The van der Waals surface area contributed by atoms with E-state index in [1.54, 1.807) is 17.4 Å². The van der Waals surface area contributed by atoms with Crippen LogP contribution < -0.4 is 15.8 Å². The SMILES string of the molecule is NC(=O)C1=C/C=C\CCCC(N2CC(NC(=O)C3CC(Oc4cccc5scnc45)C3)C2)=N1. The number of nitrogens with zero attached hydrogens (tertiary/aromatic N) is 3. The number of carbonyl (C=O) groups is 2. The maximum absolute atomic E-state index is 12.7. The molecule has 2 fully saturated rings. The smallest absolute Gasteiger partial charge is 0.267 e. The van der Waals surface area contributed by atoms with E-state index in [1.807, 2.05) is 35.9 Å². The number of primary amides is 1. The Morgan fingerprint density at radius 3 is 2.91 bits per heavy atom. The molecule has 3 N–H and O–H groups in total. The summed E-state index contributed by atoms with van der Waals surface area (Å²) >= 11 is 1.59. The predicted octanol–water partition coefficient (Wildman–Crippen LogP) is 2.76. The van der Waals surface area contributed by atoms with Gasteiger partial charge in [-0.3, -0.25) is 9.59 Å². The Labute approximate surface area is 196 Å². The van der Waals surface area contributed by atoms with Crippen LogP contribution in [0.1, 0.15) is 32.1 Å². The third-order valence-corrected chi connectivity index (χ3v) is 7.13. The molecule has 9 heteroatoms. The molecule has 33 heavy (non-hydrogen) atoms. The van der Waals surface area contributed by atoms with Crippen LogP contribution in [0, 0.1) is 5.92 Å². The number of ether oxygens (including phenoxy) is 1. The summed E-state index contributed by atoms with van der Waals surface area (Å²) in [5, 5.41) is 3.15. The molecule has 172 valence electrons. The van der Waals surface area contributed by atoms with Gasteiger partial charge in [0.1, 0.15) is 28.9 Å². The zero-order chi connectivity index (χ0) is 22.8. The fraction of sp³-hybridized carbons (Fsp3) is 0.417. The van der Waals surface area contributed by atoms with Gasteiger partial charge in [0.15, 0.2) is 0 Å². The first-order valence-corrected chi connectivity index (χ1v) is 12.2. The molecule has 3 aliphatic rings. The number of benzene rings is 1. The molecular formula is C24H27N5O3S. The van der Waals surface area contributed by atoms with Crippen molar-refractivity contribution in [3.05, 3.63) is 47.6 Å². The fourth-order valence-electron chi connectivity index (χ4n) is 4.34. The van der Waals surface area contributed by atoms with Crippen LogP contribution in [0.25, 0.3) is 10.2 Å². The van der Waals surface area contributed by atoms with Gasteiger partial charge in [0.25, 0.3) is 5.91 Å². The molecule has 1 aromatic heterocycles. The van der Waals surface area contributed by atoms with Gasteiger partial charge >= 0.3 is 0 Å². The molecule has 5 rings (SSSR count). The van der Waals surface area contributed by atoms with E-state index in [0.29, 0.717) is 13.1 Å². The molecular weight excluding hydrogens is 438 g/mol. The van der Waals surface area contributed by atoms with Crippen LogP contribution in [-0.4, -0.2) is 52.8 Å². The molecule has 1 aliphatic carbocycles. The zero-order valence-electron chi connectivity index (χ0n) is 18.3. The highest BCUT2D eigenvalue weighted by molar-refractivity contribution is 7.16. The number of aromatic nitrogens is 1. The third kappa shape index (κ3) is 4.78. The number of hydrogen-bond donors (Lipinski definition) is 2. The molecule has 0 unspecified atom stereocenters. The summed E-state index contributed by atoms with van der Waals surface area (Å²) in [6, 6.07) is 6.04. The summed E-state index contributed by atoms with van der Waals surface area (Å²) < 4.78 is 7.20. The van der Waals surface area contributed by atoms with Crippen molar-refractivity contribution in [2.24, 2.45) is 16.6 Å². The highest BCUT2D eigenvalue weighted by Crippen LogP contribution is 2.35. The van der Waals surface area contributed by atoms with Gasteiger partial charge in [-0.2, -0.15) is 0 Å². The van der Waals surface area contributed by atoms with E-state index in [-0.39, 0.29) is 29.7 Å². The first-order valence-electron chi connectivity index (χ1n) is 11.3. The molecule has 0 bridgehead atoms. The monoisotopic (exact) mass is 465 g/mol. The molecule has 2 aliphatic heterocycles. The van der Waals surface area contributed by atoms with Crippen LogP contribution in [0.15, 0.2) is 52.6 Å². The molecule has 0 radical (unpaired) electrons. The lowest BCUT2D eigenvalue weighted by atomic mass is 9.81. The number of amidine groups is 1. The van der Waals surface area contributed by atoms with Crippen molar-refractivity contribution in [1.29, 1.82) is 0 Å². The molecule has 1 saturated heterocycles. The minimum Gasteiger partial charge on any atom is -0.488 e. The maximum atomic E-state index is 12.7. The highest BCUT2D eigenvalue weighted by Gasteiger charge is 2.39. The van der Waals surface area contributed by atoms with Crippen LogP contribution >= 0.6 is 11.3 Å². The molecule has 2 amide bonds. The van der Waals surface area contributed by atoms with Gasteiger partial charge < -0.3 is 20.7 Å². The van der Waals surface area contributed by atoms with E-state index in [9.17, 15) is 9.59 Å². The van der Waals surface area contributed by atoms with Crippen LogP contribution in [0.3, 0.4) is 0 Å². The molecule has 1 aromatic carbocycles. The number of hydrogen-bond acceptors (Lipinski definition) is 7. The molecule has 1 saturated carbocycles. The Hall–Kier alpha value is -3.20. The number of para-hydroxylation sites is 1. The van der Waals surface area contributed by atoms with Crippen molar-refractivity contribution < 1.29 is 14.3 Å². The number of thiazole rings is 1. The lowest BCUT2D eigenvalue weighted by Crippen LogP contribution is -2.62. The Morgan fingerprint density at radius 2 is 2.09 bits per heavy atom. The van der Waals surface area contributed by atoms with Crippen LogP contribution in [0.4, 0.5) is 0 Å². The number of amides is 2. The topological polar surface area (TPSA) is 110 Å². The number of allylic oxidation sites excluding steroid dienone is 3. The quantitative estimate of drug-likeness (QED) is 0.706. The van der Waals surface area contributed by atoms with Gasteiger partial charge in [-0.25, -0.2) is 9.98 Å². The maximum Gasteiger partial charge on any atom is 0.267 e. The van der Waals surface area contributed by atoms with Crippen molar-refractivity contribution in [1.82, 2.24) is 15.2 Å². The van der Waals surface area contributed by atoms with E-state index in [2.05, 4.69) is 20.2 Å². The standard InChI is InChI=1S/C24H27N5O3S/c25-23(30)18-6-3-1-2-4-9-21(28-18)29-12-16(13-29)27-24(31)15-10-17(11-15)32-19-7-5-8-20-22(19)26-14-33-20/h1,3,5-8,14-17H,2,4,9-13H2,(H2,25,30)(H,27,31)/b3-1-,18-6?,28-21?. The van der Waals surface area contributed by atoms with Crippen molar-refractivity contribution in [3.8, 4) is 5.75 Å². The fourth-order valence-corrected chi connectivity index (χ4v) is 5.04. The number of likely N-dealkylation sites (tertiary alicyclic amines) is 1. The number of carbonyl (C=O) groups excluding carboxylic acids is 2. The Kier molecular flexibility index (Phi) is 6.13. The molecule has 2 aromatic rings. The van der Waals surface area contributed by atoms with Crippen molar-refractivity contribution in [2.45, 2.75) is 44.2 Å². The highest BCUT2D eigenvalue weighted by atomic mass is 32.1. The molecule has 0 spiro atoms. The minimum absolute atomic E-state index is 0.0172. The second-order valence-electron chi connectivity index (χ2n) is 8.74. The number of nitrogens with two attached hydrogens (primary N) is 1. The third-order valence-electron chi connectivity index (χ3n) is 6.34. The van der Waals surface area contributed by atoms with Crippen molar-refractivity contribution in [2.75, 3.05) is 13.1 Å². The summed E-state index contributed by atoms with van der Waals surface area (Å²) in [7, 11) is 0. The second kappa shape index (κ2) is 9.35. The van der Waals surface area contributed by atoms with Gasteiger partial charge in [0.05, 0.1) is 16.3 Å². The first-order chi connectivity index (χ1) is 16.1. The summed E-state index contributed by atoms with van der Waals surface area (Å²) in [6.45, 7) is 1.39. The van der Waals surface area contributed by atoms with E-state index in [0.717, 1.165) is 53.9 Å². The van der Waals surface area contributed by atoms with E-state index >= 15 is 0 Å². The molecule has 3 heterocycles. The van der Waals surface area contributed by atoms with E-state index < -0.39 is 5.91 Å². The molecule has 0 atom stereocenters. The molecule has 8 nitrogen and oxygen atoms in total. The normalized spacial score (nSPS) is 24.3. The largest absolute Gasteiger partial charge is 0.488 e. The average molecular weight is 466 g/mol. The summed E-state index contributed by atoms with van der Waals surface area (Å²) in [5.41, 5.74) is 8.43. The van der Waals surface area contributed by atoms with Gasteiger partial charge in [0.2, 0.25) is 5.91 Å². The van der Waals surface area contributed by atoms with Gasteiger partial charge in [-0.1, -0.05) is 18.2 Å². The lowest BCUT2D eigenvalue weighted by Gasteiger charge is -2.43. The number of rotatable bonds is 5.